The molecule has 0 saturated heterocycles. The van der Waals surface area contributed by atoms with Gasteiger partial charge in [0.25, 0.3) is 5.22 Å². The van der Waals surface area contributed by atoms with Crippen molar-refractivity contribution in [2.45, 2.75) is 26.0 Å². The number of ether oxygens (including phenoxy) is 1. The Bertz CT molecular complexity index is 575. The number of hydrogen-bond donors (Lipinski definition) is 1. The van der Waals surface area contributed by atoms with Gasteiger partial charge in [-0.15, -0.1) is 10.2 Å². The van der Waals surface area contributed by atoms with Gasteiger partial charge in [-0.05, 0) is 31.9 Å². The van der Waals surface area contributed by atoms with Crippen molar-refractivity contribution in [2.75, 3.05) is 25.6 Å². The first-order valence-corrected chi connectivity index (χ1v) is 7.83. The molecule has 1 aromatic carbocycles. The predicted octanol–water partition coefficient (Wildman–Crippen LogP) is 2.76. The van der Waals surface area contributed by atoms with Crippen LogP contribution in [0.5, 0.6) is 0 Å². The van der Waals surface area contributed by atoms with Crippen molar-refractivity contribution in [1.29, 1.82) is 0 Å². The molecule has 114 valence electrons. The van der Waals surface area contributed by atoms with E-state index >= 15 is 0 Å². The molecule has 0 unspecified atom stereocenters. The van der Waals surface area contributed by atoms with E-state index < -0.39 is 0 Å². The fourth-order valence-electron chi connectivity index (χ4n) is 2.24. The summed E-state index contributed by atoms with van der Waals surface area (Å²) in [7, 11) is 0. The average Bonchev–Trinajstić information content (AvgIpc) is 2.86. The lowest BCUT2D eigenvalue weighted by Crippen LogP contribution is -2.02. The first-order chi connectivity index (χ1) is 10.1. The molecule has 0 atom stereocenters. The number of thioether (sulfide) groups is 1. The summed E-state index contributed by atoms with van der Waals surface area (Å²) in [6, 6.07) is 4.23. The Labute approximate surface area is 128 Å². The minimum absolute atomic E-state index is 0.0430. The largest absolute Gasteiger partial charge is 0.411 e. The molecule has 5 nitrogen and oxygen atoms in total. The first-order valence-electron chi connectivity index (χ1n) is 6.85. The van der Waals surface area contributed by atoms with Crippen LogP contribution in [0.15, 0.2) is 21.8 Å². The summed E-state index contributed by atoms with van der Waals surface area (Å²) in [6.07, 6.45) is 0. The zero-order valence-electron chi connectivity index (χ0n) is 12.5. The van der Waals surface area contributed by atoms with Crippen LogP contribution in [0, 0.1) is 20.8 Å². The van der Waals surface area contributed by atoms with Crippen LogP contribution in [0.25, 0.3) is 11.5 Å². The minimum Gasteiger partial charge on any atom is -0.411 e. The number of aliphatic hydroxyl groups is 1. The van der Waals surface area contributed by atoms with Crippen LogP contribution in [-0.4, -0.2) is 40.9 Å². The number of rotatable bonds is 7. The molecule has 0 spiro atoms. The second-order valence-electron chi connectivity index (χ2n) is 4.83. The van der Waals surface area contributed by atoms with Gasteiger partial charge in [-0.3, -0.25) is 0 Å². The number of benzene rings is 1. The van der Waals surface area contributed by atoms with Gasteiger partial charge in [-0.1, -0.05) is 29.5 Å². The lowest BCUT2D eigenvalue weighted by atomic mass is 10.00. The lowest BCUT2D eigenvalue weighted by molar-refractivity contribution is 0.103. The molecule has 6 heteroatoms. The summed E-state index contributed by atoms with van der Waals surface area (Å²) in [5.41, 5.74) is 4.51. The molecule has 0 bridgehead atoms. The van der Waals surface area contributed by atoms with Gasteiger partial charge in [0, 0.05) is 11.3 Å². The molecule has 2 aromatic rings. The standard InChI is InChI=1S/C15H20N2O3S/c1-10-8-11(2)13(12(3)9-10)14-16-17-15(20-14)21-7-6-19-5-4-18/h8-9,18H,4-7H2,1-3H3. The Morgan fingerprint density at radius 2 is 1.86 bits per heavy atom. The van der Waals surface area contributed by atoms with Gasteiger partial charge in [-0.2, -0.15) is 0 Å². The summed E-state index contributed by atoms with van der Waals surface area (Å²) >= 11 is 1.45. The highest BCUT2D eigenvalue weighted by Crippen LogP contribution is 2.29. The molecule has 1 heterocycles. The van der Waals surface area contributed by atoms with E-state index in [1.54, 1.807) is 0 Å². The Morgan fingerprint density at radius 3 is 2.52 bits per heavy atom. The molecule has 0 saturated carbocycles. The quantitative estimate of drug-likeness (QED) is 0.626. The van der Waals surface area contributed by atoms with E-state index in [9.17, 15) is 0 Å². The van der Waals surface area contributed by atoms with Crippen molar-refractivity contribution < 1.29 is 14.3 Å². The van der Waals surface area contributed by atoms with Gasteiger partial charge in [0.15, 0.2) is 0 Å². The summed E-state index contributed by atoms with van der Waals surface area (Å²) in [5.74, 6) is 1.27. The first kappa shape index (κ1) is 16.0. The summed E-state index contributed by atoms with van der Waals surface area (Å²) in [4.78, 5) is 0. The normalized spacial score (nSPS) is 11.0. The second kappa shape index (κ2) is 7.59. The van der Waals surface area contributed by atoms with E-state index in [0.29, 0.717) is 30.1 Å². The molecule has 0 aliphatic rings. The predicted molar refractivity (Wildman–Crippen MR) is 82.6 cm³/mol. The monoisotopic (exact) mass is 308 g/mol. The topological polar surface area (TPSA) is 68.4 Å². The molecule has 0 aliphatic carbocycles. The van der Waals surface area contributed by atoms with E-state index in [1.165, 1.54) is 17.3 Å². The molecule has 2 rings (SSSR count). The van der Waals surface area contributed by atoms with Gasteiger partial charge in [0.2, 0.25) is 5.89 Å². The van der Waals surface area contributed by atoms with Crippen LogP contribution in [0.4, 0.5) is 0 Å². The van der Waals surface area contributed by atoms with Gasteiger partial charge < -0.3 is 14.3 Å². The third-order valence-electron chi connectivity index (χ3n) is 2.99. The van der Waals surface area contributed by atoms with Gasteiger partial charge >= 0.3 is 0 Å². The van der Waals surface area contributed by atoms with Crippen molar-refractivity contribution in [3.63, 3.8) is 0 Å². The maximum atomic E-state index is 8.61. The molecule has 0 amide bonds. The highest BCUT2D eigenvalue weighted by molar-refractivity contribution is 7.99. The lowest BCUT2D eigenvalue weighted by Gasteiger charge is -2.06. The molecular formula is C15H20N2O3S. The minimum atomic E-state index is 0.0430. The Kier molecular flexibility index (Phi) is 5.78. The molecular weight excluding hydrogens is 288 g/mol. The maximum absolute atomic E-state index is 8.61. The zero-order valence-corrected chi connectivity index (χ0v) is 13.4. The zero-order chi connectivity index (χ0) is 15.2. The smallest absolute Gasteiger partial charge is 0.276 e. The van der Waals surface area contributed by atoms with Crippen LogP contribution < -0.4 is 0 Å². The van der Waals surface area contributed by atoms with Crippen molar-refractivity contribution >= 4 is 11.8 Å². The third kappa shape index (κ3) is 4.30. The Balaban J connectivity index is 2.03. The number of hydrogen-bond acceptors (Lipinski definition) is 6. The van der Waals surface area contributed by atoms with Gasteiger partial charge in [0.1, 0.15) is 0 Å². The van der Waals surface area contributed by atoms with E-state index in [-0.39, 0.29) is 6.61 Å². The summed E-state index contributed by atoms with van der Waals surface area (Å²) in [5, 5.41) is 17.3. The fourth-order valence-corrected chi connectivity index (χ4v) is 2.85. The third-order valence-corrected chi connectivity index (χ3v) is 3.77. The molecule has 0 radical (unpaired) electrons. The summed E-state index contributed by atoms with van der Waals surface area (Å²) < 4.78 is 10.9. The van der Waals surface area contributed by atoms with E-state index in [2.05, 4.69) is 43.1 Å². The van der Waals surface area contributed by atoms with E-state index in [0.717, 1.165) is 16.7 Å². The number of aliphatic hydroxyl groups excluding tert-OH is 1. The SMILES string of the molecule is Cc1cc(C)c(-c2nnc(SCCOCCO)o2)c(C)c1. The van der Waals surface area contributed by atoms with Crippen LogP contribution in [0.3, 0.4) is 0 Å². The van der Waals surface area contributed by atoms with Crippen molar-refractivity contribution in [3.8, 4) is 11.5 Å². The molecule has 0 aliphatic heterocycles. The molecule has 21 heavy (non-hydrogen) atoms. The number of aromatic nitrogens is 2. The van der Waals surface area contributed by atoms with Gasteiger partial charge in [0.05, 0.1) is 19.8 Å². The van der Waals surface area contributed by atoms with Crippen LogP contribution >= 0.6 is 11.8 Å². The van der Waals surface area contributed by atoms with Crippen molar-refractivity contribution in [3.05, 3.63) is 28.8 Å². The van der Waals surface area contributed by atoms with E-state index in [1.807, 2.05) is 0 Å². The summed E-state index contributed by atoms with van der Waals surface area (Å²) in [6.45, 7) is 7.12. The van der Waals surface area contributed by atoms with E-state index in [4.69, 9.17) is 14.3 Å². The maximum Gasteiger partial charge on any atom is 0.276 e. The van der Waals surface area contributed by atoms with Crippen LogP contribution in [0.2, 0.25) is 0 Å². The second-order valence-corrected chi connectivity index (χ2v) is 5.88. The molecule has 0 fully saturated rings. The van der Waals surface area contributed by atoms with Crippen molar-refractivity contribution in [2.24, 2.45) is 0 Å². The average molecular weight is 308 g/mol. The van der Waals surface area contributed by atoms with Crippen LogP contribution in [-0.2, 0) is 4.74 Å². The van der Waals surface area contributed by atoms with Crippen LogP contribution in [0.1, 0.15) is 16.7 Å². The number of aryl methyl sites for hydroxylation is 3. The van der Waals surface area contributed by atoms with Crippen molar-refractivity contribution in [1.82, 2.24) is 10.2 Å². The Morgan fingerprint density at radius 1 is 1.14 bits per heavy atom. The van der Waals surface area contributed by atoms with Gasteiger partial charge in [-0.25, -0.2) is 0 Å². The fraction of sp³-hybridized carbons (Fsp3) is 0.467. The number of nitrogens with zero attached hydrogens (tertiary/aromatic N) is 2. The molecule has 1 N–H and O–H groups in total. The molecule has 1 aromatic heterocycles. The highest BCUT2D eigenvalue weighted by Gasteiger charge is 2.14. The Hall–Kier alpha value is -1.37. The highest BCUT2D eigenvalue weighted by atomic mass is 32.2.